The second-order valence-electron chi connectivity index (χ2n) is 3.72. The quantitative estimate of drug-likeness (QED) is 0.734. The maximum atomic E-state index is 12.7. The van der Waals surface area contributed by atoms with Gasteiger partial charge in [-0.15, -0.1) is 0 Å². The first-order chi connectivity index (χ1) is 6.03. The van der Waals surface area contributed by atoms with Crippen molar-refractivity contribution in [2.75, 3.05) is 19.6 Å². The molecule has 78 valence electrons. The van der Waals surface area contributed by atoms with Crippen molar-refractivity contribution >= 4 is 0 Å². The standard InChI is InChI=1S/C9H17F2NO/c1-2-8(13)7-12-5-3-9(10,11)4-6-12/h8,13H,2-7H2,1H3/t8-/m0/s1. The summed E-state index contributed by atoms with van der Waals surface area (Å²) >= 11 is 0. The molecule has 0 aliphatic carbocycles. The molecule has 0 spiro atoms. The molecular weight excluding hydrogens is 176 g/mol. The summed E-state index contributed by atoms with van der Waals surface area (Å²) in [5.74, 6) is -2.48. The molecule has 0 saturated carbocycles. The minimum atomic E-state index is -2.48. The highest BCUT2D eigenvalue weighted by Crippen LogP contribution is 2.27. The van der Waals surface area contributed by atoms with Gasteiger partial charge in [0.1, 0.15) is 0 Å². The van der Waals surface area contributed by atoms with E-state index in [0.29, 0.717) is 26.1 Å². The fraction of sp³-hybridized carbons (Fsp3) is 1.00. The molecule has 1 heterocycles. The maximum absolute atomic E-state index is 12.7. The first kappa shape index (κ1) is 10.9. The van der Waals surface area contributed by atoms with Gasteiger partial charge in [-0.1, -0.05) is 6.92 Å². The average Bonchev–Trinajstić information content (AvgIpc) is 2.08. The molecule has 1 N–H and O–H groups in total. The normalized spacial score (nSPS) is 25.8. The van der Waals surface area contributed by atoms with E-state index in [0.717, 1.165) is 0 Å². The van der Waals surface area contributed by atoms with Crippen LogP contribution in [0.15, 0.2) is 0 Å². The molecule has 13 heavy (non-hydrogen) atoms. The van der Waals surface area contributed by atoms with Crippen molar-refractivity contribution < 1.29 is 13.9 Å². The number of hydrogen-bond donors (Lipinski definition) is 1. The maximum Gasteiger partial charge on any atom is 0.250 e. The van der Waals surface area contributed by atoms with Gasteiger partial charge >= 0.3 is 0 Å². The van der Waals surface area contributed by atoms with E-state index < -0.39 is 5.92 Å². The molecule has 4 heteroatoms. The second-order valence-corrected chi connectivity index (χ2v) is 3.72. The molecule has 0 unspecified atom stereocenters. The third kappa shape index (κ3) is 3.56. The minimum Gasteiger partial charge on any atom is -0.392 e. The zero-order chi connectivity index (χ0) is 9.90. The van der Waals surface area contributed by atoms with E-state index in [1.54, 1.807) is 0 Å². The van der Waals surface area contributed by atoms with Gasteiger partial charge in [0, 0.05) is 32.5 Å². The molecule has 1 rings (SSSR count). The first-order valence-electron chi connectivity index (χ1n) is 4.82. The molecule has 0 aromatic carbocycles. The monoisotopic (exact) mass is 193 g/mol. The Morgan fingerprint density at radius 3 is 2.38 bits per heavy atom. The van der Waals surface area contributed by atoms with Gasteiger partial charge < -0.3 is 10.0 Å². The van der Waals surface area contributed by atoms with Crippen LogP contribution in [0.3, 0.4) is 0 Å². The molecule has 0 radical (unpaired) electrons. The highest BCUT2D eigenvalue weighted by Gasteiger charge is 2.34. The number of alkyl halides is 2. The predicted molar refractivity (Wildman–Crippen MR) is 46.9 cm³/mol. The molecule has 1 fully saturated rings. The molecule has 0 aromatic rings. The van der Waals surface area contributed by atoms with Crippen LogP contribution in [0.1, 0.15) is 26.2 Å². The van der Waals surface area contributed by atoms with E-state index >= 15 is 0 Å². The van der Waals surface area contributed by atoms with Crippen molar-refractivity contribution in [3.05, 3.63) is 0 Å². The topological polar surface area (TPSA) is 23.5 Å². The molecule has 1 atom stereocenters. The Morgan fingerprint density at radius 1 is 1.38 bits per heavy atom. The van der Waals surface area contributed by atoms with Crippen LogP contribution in [0.25, 0.3) is 0 Å². The largest absolute Gasteiger partial charge is 0.392 e. The van der Waals surface area contributed by atoms with Crippen LogP contribution in [0.5, 0.6) is 0 Å². The number of piperidine rings is 1. The van der Waals surface area contributed by atoms with Gasteiger partial charge in [-0.2, -0.15) is 0 Å². The van der Waals surface area contributed by atoms with Gasteiger partial charge in [0.2, 0.25) is 0 Å². The lowest BCUT2D eigenvalue weighted by atomic mass is 10.1. The van der Waals surface area contributed by atoms with Crippen molar-refractivity contribution in [1.29, 1.82) is 0 Å². The van der Waals surface area contributed by atoms with E-state index in [1.807, 2.05) is 11.8 Å². The summed E-state index contributed by atoms with van der Waals surface area (Å²) in [6, 6.07) is 0. The van der Waals surface area contributed by atoms with E-state index in [1.165, 1.54) is 0 Å². The third-order valence-corrected chi connectivity index (χ3v) is 2.53. The van der Waals surface area contributed by atoms with Crippen LogP contribution in [0.2, 0.25) is 0 Å². The highest BCUT2D eigenvalue weighted by atomic mass is 19.3. The smallest absolute Gasteiger partial charge is 0.250 e. The molecule has 0 amide bonds. The Bertz CT molecular complexity index is 154. The third-order valence-electron chi connectivity index (χ3n) is 2.53. The van der Waals surface area contributed by atoms with Crippen LogP contribution in [0, 0.1) is 0 Å². The molecule has 2 nitrogen and oxygen atoms in total. The Balaban J connectivity index is 2.25. The van der Waals surface area contributed by atoms with E-state index in [4.69, 9.17) is 0 Å². The zero-order valence-corrected chi connectivity index (χ0v) is 7.97. The average molecular weight is 193 g/mol. The van der Waals surface area contributed by atoms with E-state index in [-0.39, 0.29) is 18.9 Å². The summed E-state index contributed by atoms with van der Waals surface area (Å²) in [4.78, 5) is 1.91. The summed E-state index contributed by atoms with van der Waals surface area (Å²) in [7, 11) is 0. The number of β-amino-alcohol motifs (C(OH)–C–C–N with tert-alkyl or cyclic N) is 1. The lowest BCUT2D eigenvalue weighted by molar-refractivity contribution is -0.0611. The van der Waals surface area contributed by atoms with Gasteiger partial charge in [-0.25, -0.2) is 8.78 Å². The summed E-state index contributed by atoms with van der Waals surface area (Å²) < 4.78 is 25.4. The zero-order valence-electron chi connectivity index (χ0n) is 7.97. The molecule has 0 aromatic heterocycles. The number of halogens is 2. The van der Waals surface area contributed by atoms with Crippen molar-refractivity contribution in [3.63, 3.8) is 0 Å². The van der Waals surface area contributed by atoms with Gasteiger partial charge in [0.15, 0.2) is 0 Å². The number of rotatable bonds is 3. The predicted octanol–water partition coefficient (Wildman–Crippen LogP) is 1.49. The Morgan fingerprint density at radius 2 is 1.92 bits per heavy atom. The van der Waals surface area contributed by atoms with Crippen LogP contribution in [0.4, 0.5) is 8.78 Å². The molecule has 1 saturated heterocycles. The van der Waals surface area contributed by atoms with Gasteiger partial charge in [-0.3, -0.25) is 0 Å². The molecule has 1 aliphatic rings. The van der Waals surface area contributed by atoms with E-state index in [9.17, 15) is 13.9 Å². The fourth-order valence-electron chi connectivity index (χ4n) is 1.49. The Hall–Kier alpha value is -0.220. The van der Waals surface area contributed by atoms with Gasteiger partial charge in [-0.05, 0) is 6.42 Å². The number of nitrogens with zero attached hydrogens (tertiary/aromatic N) is 1. The summed E-state index contributed by atoms with van der Waals surface area (Å²) in [6.07, 6.45) is 0.187. The number of aliphatic hydroxyl groups excluding tert-OH is 1. The lowest BCUT2D eigenvalue weighted by Gasteiger charge is -2.32. The Labute approximate surface area is 77.5 Å². The van der Waals surface area contributed by atoms with Crippen LogP contribution < -0.4 is 0 Å². The highest BCUT2D eigenvalue weighted by molar-refractivity contribution is 4.78. The lowest BCUT2D eigenvalue weighted by Crippen LogP contribution is -2.42. The summed E-state index contributed by atoms with van der Waals surface area (Å²) in [5.41, 5.74) is 0. The second kappa shape index (κ2) is 4.33. The van der Waals surface area contributed by atoms with Gasteiger partial charge in [0.05, 0.1) is 6.10 Å². The fourth-order valence-corrected chi connectivity index (χ4v) is 1.49. The minimum absolute atomic E-state index is 0.0660. The van der Waals surface area contributed by atoms with Crippen LogP contribution in [-0.4, -0.2) is 41.7 Å². The summed E-state index contributed by atoms with van der Waals surface area (Å²) in [5, 5.41) is 9.31. The molecule has 1 aliphatic heterocycles. The van der Waals surface area contributed by atoms with Crippen molar-refractivity contribution in [2.45, 2.75) is 38.2 Å². The van der Waals surface area contributed by atoms with Crippen molar-refractivity contribution in [1.82, 2.24) is 4.90 Å². The SMILES string of the molecule is CC[C@H](O)CN1CCC(F)(F)CC1. The molecule has 0 bridgehead atoms. The van der Waals surface area contributed by atoms with Gasteiger partial charge in [0.25, 0.3) is 5.92 Å². The Kier molecular flexibility index (Phi) is 3.62. The molecular formula is C9H17F2NO. The number of likely N-dealkylation sites (tertiary alicyclic amines) is 1. The first-order valence-corrected chi connectivity index (χ1v) is 4.82. The van der Waals surface area contributed by atoms with Crippen LogP contribution in [-0.2, 0) is 0 Å². The van der Waals surface area contributed by atoms with E-state index in [2.05, 4.69) is 0 Å². The van der Waals surface area contributed by atoms with Crippen molar-refractivity contribution in [2.24, 2.45) is 0 Å². The van der Waals surface area contributed by atoms with Crippen molar-refractivity contribution in [3.8, 4) is 0 Å². The number of aliphatic hydroxyl groups is 1. The van der Waals surface area contributed by atoms with Crippen LogP contribution >= 0.6 is 0 Å². The number of hydrogen-bond acceptors (Lipinski definition) is 2. The summed E-state index contributed by atoms with van der Waals surface area (Å²) in [6.45, 7) is 3.24.